The van der Waals surface area contributed by atoms with E-state index in [1.165, 1.54) is 0 Å². The summed E-state index contributed by atoms with van der Waals surface area (Å²) < 4.78 is 8.44. The Morgan fingerprint density at radius 2 is 1.92 bits per heavy atom. The predicted octanol–water partition coefficient (Wildman–Crippen LogP) is 2.78. The molecule has 1 aromatic heterocycles. The van der Waals surface area contributed by atoms with Crippen LogP contribution in [0.4, 0.5) is 0 Å². The molecule has 126 valence electrons. The van der Waals surface area contributed by atoms with Crippen LogP contribution in [0.1, 0.15) is 24.4 Å². The van der Waals surface area contributed by atoms with Crippen LogP contribution in [-0.2, 0) is 14.9 Å². The molecule has 24 heavy (non-hydrogen) atoms. The minimum atomic E-state index is -0.435. The highest BCUT2D eigenvalue weighted by atomic mass is 79.9. The van der Waals surface area contributed by atoms with Gasteiger partial charge in [0.25, 0.3) is 0 Å². The Kier molecular flexibility index (Phi) is 4.18. The lowest BCUT2D eigenvalue weighted by molar-refractivity contribution is -0.147. The molecule has 2 aliphatic rings. The van der Waals surface area contributed by atoms with Gasteiger partial charge < -0.3 is 9.64 Å². The number of rotatable bonds is 3. The smallest absolute Gasteiger partial charge is 0.233 e. The van der Waals surface area contributed by atoms with E-state index in [0.29, 0.717) is 13.2 Å². The molecule has 0 spiro atoms. The zero-order valence-electron chi connectivity index (χ0n) is 13.4. The van der Waals surface area contributed by atoms with Gasteiger partial charge in [0.05, 0.1) is 22.1 Å². The van der Waals surface area contributed by atoms with Crippen molar-refractivity contribution in [3.63, 3.8) is 0 Å². The molecule has 4 rings (SSSR count). The van der Waals surface area contributed by atoms with Gasteiger partial charge in [-0.3, -0.25) is 9.48 Å². The van der Waals surface area contributed by atoms with E-state index in [1.807, 2.05) is 34.0 Å². The number of aromatic nitrogens is 2. The topological polar surface area (TPSA) is 47.4 Å². The molecule has 0 bridgehead atoms. The van der Waals surface area contributed by atoms with Crippen LogP contribution in [0.15, 0.2) is 47.2 Å². The summed E-state index contributed by atoms with van der Waals surface area (Å²) in [6, 6.07) is 10.4. The number of ether oxygens (including phenoxy) is 1. The summed E-state index contributed by atoms with van der Waals surface area (Å²) >= 11 is 3.42. The maximum Gasteiger partial charge on any atom is 0.233 e. The number of likely N-dealkylation sites (tertiary alicyclic amines) is 1. The van der Waals surface area contributed by atoms with Gasteiger partial charge in [0.2, 0.25) is 5.91 Å². The lowest BCUT2D eigenvalue weighted by Crippen LogP contribution is -2.58. The van der Waals surface area contributed by atoms with Gasteiger partial charge >= 0.3 is 0 Å². The number of carbonyl (C=O) groups excluding carboxylic acids is 1. The SMILES string of the molecule is O=C(N1CC(n2cc(Br)cn2)C1)C1(c2ccccc2)CCOCC1. The number of nitrogens with zero attached hydrogens (tertiary/aromatic N) is 3. The van der Waals surface area contributed by atoms with Gasteiger partial charge in [-0.2, -0.15) is 5.10 Å². The van der Waals surface area contributed by atoms with Gasteiger partial charge in [-0.25, -0.2) is 0 Å². The van der Waals surface area contributed by atoms with E-state index in [2.05, 4.69) is 33.2 Å². The Hall–Kier alpha value is -1.66. The molecule has 0 aliphatic carbocycles. The fourth-order valence-corrected chi connectivity index (χ4v) is 4.01. The molecule has 2 saturated heterocycles. The molecule has 0 radical (unpaired) electrons. The normalized spacial score (nSPS) is 20.6. The van der Waals surface area contributed by atoms with E-state index in [9.17, 15) is 4.79 Å². The predicted molar refractivity (Wildman–Crippen MR) is 93.7 cm³/mol. The van der Waals surface area contributed by atoms with Crippen molar-refractivity contribution in [2.75, 3.05) is 26.3 Å². The third-order valence-corrected chi connectivity index (χ3v) is 5.59. The number of carbonyl (C=O) groups is 1. The van der Waals surface area contributed by atoms with Crippen molar-refractivity contribution < 1.29 is 9.53 Å². The zero-order valence-corrected chi connectivity index (χ0v) is 15.0. The summed E-state index contributed by atoms with van der Waals surface area (Å²) in [6.45, 7) is 2.73. The fraction of sp³-hybridized carbons (Fsp3) is 0.444. The molecule has 2 aliphatic heterocycles. The average Bonchev–Trinajstić information content (AvgIpc) is 3.01. The van der Waals surface area contributed by atoms with Crippen molar-refractivity contribution in [2.24, 2.45) is 0 Å². The molecular weight excluding hydrogens is 370 g/mol. The molecule has 0 unspecified atom stereocenters. The summed E-state index contributed by atoms with van der Waals surface area (Å²) in [7, 11) is 0. The molecule has 2 fully saturated rings. The molecule has 6 heteroatoms. The molecule has 3 heterocycles. The Labute approximate surface area is 149 Å². The average molecular weight is 390 g/mol. The second kappa shape index (κ2) is 6.33. The Balaban J connectivity index is 1.53. The van der Waals surface area contributed by atoms with E-state index < -0.39 is 5.41 Å². The fourth-order valence-electron chi connectivity index (χ4n) is 3.71. The number of hydrogen-bond acceptors (Lipinski definition) is 3. The molecule has 0 saturated carbocycles. The Morgan fingerprint density at radius 3 is 2.54 bits per heavy atom. The summed E-state index contributed by atoms with van der Waals surface area (Å²) in [5.41, 5.74) is 0.679. The van der Waals surface area contributed by atoms with Crippen LogP contribution in [0.5, 0.6) is 0 Å². The second-order valence-corrected chi connectivity index (χ2v) is 7.48. The summed E-state index contributed by atoms with van der Waals surface area (Å²) in [5.74, 6) is 0.236. The summed E-state index contributed by atoms with van der Waals surface area (Å²) in [5, 5.41) is 4.33. The molecule has 0 atom stereocenters. The van der Waals surface area contributed by atoms with E-state index in [4.69, 9.17) is 4.74 Å². The van der Waals surface area contributed by atoms with Crippen molar-refractivity contribution in [3.05, 3.63) is 52.8 Å². The van der Waals surface area contributed by atoms with Gasteiger partial charge in [0.15, 0.2) is 0 Å². The van der Waals surface area contributed by atoms with Gasteiger partial charge in [-0.05, 0) is 34.3 Å². The van der Waals surface area contributed by atoms with E-state index in [0.717, 1.165) is 36.0 Å². The first-order valence-corrected chi connectivity index (χ1v) is 9.11. The van der Waals surface area contributed by atoms with Crippen LogP contribution < -0.4 is 0 Å². The minimum Gasteiger partial charge on any atom is -0.381 e. The standard InChI is InChI=1S/C18H20BrN3O2/c19-15-10-20-22(11-15)16-12-21(13-16)17(23)18(6-8-24-9-7-18)14-4-2-1-3-5-14/h1-5,10-11,16H,6-9,12-13H2. The van der Waals surface area contributed by atoms with Crippen molar-refractivity contribution in [1.82, 2.24) is 14.7 Å². The third-order valence-electron chi connectivity index (χ3n) is 5.18. The van der Waals surface area contributed by atoms with Gasteiger partial charge in [-0.15, -0.1) is 0 Å². The van der Waals surface area contributed by atoms with Crippen LogP contribution in [0.25, 0.3) is 0 Å². The zero-order chi connectivity index (χ0) is 16.6. The van der Waals surface area contributed by atoms with Crippen LogP contribution in [0.3, 0.4) is 0 Å². The van der Waals surface area contributed by atoms with Crippen LogP contribution in [0.2, 0.25) is 0 Å². The van der Waals surface area contributed by atoms with E-state index >= 15 is 0 Å². The van der Waals surface area contributed by atoms with Crippen molar-refractivity contribution in [3.8, 4) is 0 Å². The first-order valence-electron chi connectivity index (χ1n) is 8.31. The lowest BCUT2D eigenvalue weighted by Gasteiger charge is -2.46. The molecular formula is C18H20BrN3O2. The second-order valence-electron chi connectivity index (χ2n) is 6.56. The van der Waals surface area contributed by atoms with Crippen molar-refractivity contribution in [2.45, 2.75) is 24.3 Å². The van der Waals surface area contributed by atoms with Crippen molar-refractivity contribution in [1.29, 1.82) is 0 Å². The molecule has 0 N–H and O–H groups in total. The molecule has 1 aromatic carbocycles. The molecule has 1 amide bonds. The highest BCUT2D eigenvalue weighted by molar-refractivity contribution is 9.10. The van der Waals surface area contributed by atoms with E-state index in [-0.39, 0.29) is 11.9 Å². The monoisotopic (exact) mass is 389 g/mol. The third kappa shape index (κ3) is 2.67. The van der Waals surface area contributed by atoms with Gasteiger partial charge in [0.1, 0.15) is 0 Å². The van der Waals surface area contributed by atoms with Crippen LogP contribution in [0, 0.1) is 0 Å². The first kappa shape index (κ1) is 15.8. The summed E-state index contributed by atoms with van der Waals surface area (Å²) in [6.07, 6.45) is 5.26. The number of halogens is 1. The highest BCUT2D eigenvalue weighted by Gasteiger charge is 2.47. The number of amides is 1. The van der Waals surface area contributed by atoms with E-state index in [1.54, 1.807) is 6.20 Å². The van der Waals surface area contributed by atoms with Gasteiger partial charge in [0, 0.05) is 32.5 Å². The largest absolute Gasteiger partial charge is 0.381 e. The Morgan fingerprint density at radius 1 is 1.21 bits per heavy atom. The summed E-state index contributed by atoms with van der Waals surface area (Å²) in [4.78, 5) is 15.3. The van der Waals surface area contributed by atoms with Crippen LogP contribution >= 0.6 is 15.9 Å². The first-order chi connectivity index (χ1) is 11.7. The van der Waals surface area contributed by atoms with Crippen molar-refractivity contribution >= 4 is 21.8 Å². The maximum atomic E-state index is 13.3. The maximum absolute atomic E-state index is 13.3. The Bertz CT molecular complexity index is 719. The number of hydrogen-bond donors (Lipinski definition) is 0. The minimum absolute atomic E-state index is 0.236. The van der Waals surface area contributed by atoms with Gasteiger partial charge in [-0.1, -0.05) is 30.3 Å². The number of benzene rings is 1. The highest BCUT2D eigenvalue weighted by Crippen LogP contribution is 2.39. The molecule has 2 aromatic rings. The lowest BCUT2D eigenvalue weighted by atomic mass is 9.72. The van der Waals surface area contributed by atoms with Crippen LogP contribution in [-0.4, -0.2) is 46.9 Å². The quantitative estimate of drug-likeness (QED) is 0.810. The molecule has 5 nitrogen and oxygen atoms in total.